The Labute approximate surface area is 119 Å². The summed E-state index contributed by atoms with van der Waals surface area (Å²) in [4.78, 5) is 25.4. The number of hydrogen-bond acceptors (Lipinski definition) is 4. The van der Waals surface area contributed by atoms with E-state index in [1.807, 2.05) is 31.2 Å². The molecular formula is C16H21NO3. The van der Waals surface area contributed by atoms with Gasteiger partial charge in [-0.15, -0.1) is 0 Å². The molecule has 1 unspecified atom stereocenters. The molecule has 0 amide bonds. The molecule has 20 heavy (non-hydrogen) atoms. The summed E-state index contributed by atoms with van der Waals surface area (Å²) in [5.41, 5.74) is 1.67. The second-order valence-corrected chi connectivity index (χ2v) is 5.06. The maximum absolute atomic E-state index is 12.0. The van der Waals surface area contributed by atoms with E-state index in [2.05, 4.69) is 4.90 Å². The largest absolute Gasteiger partial charge is 0.464 e. The van der Waals surface area contributed by atoms with Gasteiger partial charge in [-0.2, -0.15) is 0 Å². The van der Waals surface area contributed by atoms with Gasteiger partial charge in [0.25, 0.3) is 0 Å². The Morgan fingerprint density at radius 3 is 2.55 bits per heavy atom. The SMILES string of the molecule is CCOC(=O)C1CCCCN1c1ccc(C(C)=O)cc1. The lowest BCUT2D eigenvalue weighted by Crippen LogP contribution is -2.45. The highest BCUT2D eigenvalue weighted by Gasteiger charge is 2.29. The monoisotopic (exact) mass is 275 g/mol. The summed E-state index contributed by atoms with van der Waals surface area (Å²) >= 11 is 0. The van der Waals surface area contributed by atoms with Gasteiger partial charge in [0.1, 0.15) is 6.04 Å². The van der Waals surface area contributed by atoms with Crippen molar-refractivity contribution in [1.29, 1.82) is 0 Å². The van der Waals surface area contributed by atoms with Crippen molar-refractivity contribution < 1.29 is 14.3 Å². The second-order valence-electron chi connectivity index (χ2n) is 5.06. The zero-order chi connectivity index (χ0) is 14.5. The van der Waals surface area contributed by atoms with Gasteiger partial charge in [-0.05, 0) is 57.4 Å². The van der Waals surface area contributed by atoms with Crippen molar-refractivity contribution in [3.05, 3.63) is 29.8 Å². The molecule has 1 fully saturated rings. The number of nitrogens with zero attached hydrogens (tertiary/aromatic N) is 1. The number of piperidine rings is 1. The molecule has 108 valence electrons. The molecule has 1 aromatic carbocycles. The van der Waals surface area contributed by atoms with Gasteiger partial charge in [-0.1, -0.05) is 0 Å². The maximum atomic E-state index is 12.0. The Morgan fingerprint density at radius 1 is 1.25 bits per heavy atom. The maximum Gasteiger partial charge on any atom is 0.328 e. The van der Waals surface area contributed by atoms with Gasteiger partial charge in [0.2, 0.25) is 0 Å². The Balaban J connectivity index is 2.18. The lowest BCUT2D eigenvalue weighted by Gasteiger charge is -2.35. The molecule has 0 aromatic heterocycles. The zero-order valence-corrected chi connectivity index (χ0v) is 12.1. The zero-order valence-electron chi connectivity index (χ0n) is 12.1. The molecule has 0 bridgehead atoms. The van der Waals surface area contributed by atoms with Crippen LogP contribution in [0.4, 0.5) is 5.69 Å². The van der Waals surface area contributed by atoms with E-state index in [0.717, 1.165) is 31.5 Å². The predicted molar refractivity (Wildman–Crippen MR) is 78.1 cm³/mol. The average Bonchev–Trinajstić information content (AvgIpc) is 2.47. The van der Waals surface area contributed by atoms with Crippen molar-refractivity contribution >= 4 is 17.4 Å². The molecule has 1 saturated heterocycles. The van der Waals surface area contributed by atoms with Crippen LogP contribution >= 0.6 is 0 Å². The van der Waals surface area contributed by atoms with Gasteiger partial charge in [0, 0.05) is 17.8 Å². The third kappa shape index (κ3) is 3.18. The van der Waals surface area contributed by atoms with Crippen LogP contribution in [-0.4, -0.2) is 30.9 Å². The van der Waals surface area contributed by atoms with Crippen LogP contribution in [0.1, 0.15) is 43.5 Å². The van der Waals surface area contributed by atoms with Crippen molar-refractivity contribution in [2.45, 2.75) is 39.2 Å². The topological polar surface area (TPSA) is 46.6 Å². The fourth-order valence-corrected chi connectivity index (χ4v) is 2.61. The lowest BCUT2D eigenvalue weighted by atomic mass is 10.0. The number of esters is 1. The first-order chi connectivity index (χ1) is 9.63. The van der Waals surface area contributed by atoms with E-state index >= 15 is 0 Å². The number of rotatable bonds is 4. The molecule has 4 nitrogen and oxygen atoms in total. The predicted octanol–water partition coefficient (Wildman–Crippen LogP) is 2.81. The first kappa shape index (κ1) is 14.6. The Hall–Kier alpha value is -1.84. The van der Waals surface area contributed by atoms with Gasteiger partial charge in [-0.3, -0.25) is 4.79 Å². The molecule has 2 rings (SSSR count). The van der Waals surface area contributed by atoms with Gasteiger partial charge in [0.05, 0.1) is 6.61 Å². The quantitative estimate of drug-likeness (QED) is 0.626. The smallest absolute Gasteiger partial charge is 0.328 e. The highest BCUT2D eigenvalue weighted by atomic mass is 16.5. The minimum atomic E-state index is -0.202. The molecule has 1 aliphatic heterocycles. The van der Waals surface area contributed by atoms with Crippen LogP contribution in [0, 0.1) is 0 Å². The van der Waals surface area contributed by atoms with Crippen LogP contribution < -0.4 is 4.90 Å². The van der Waals surface area contributed by atoms with Gasteiger partial charge in [-0.25, -0.2) is 4.79 Å². The fraction of sp³-hybridized carbons (Fsp3) is 0.500. The van der Waals surface area contributed by atoms with Crippen LogP contribution in [0.25, 0.3) is 0 Å². The number of ether oxygens (including phenoxy) is 1. The standard InChI is InChI=1S/C16H21NO3/c1-3-20-16(19)15-6-4-5-11-17(15)14-9-7-13(8-10-14)12(2)18/h7-10,15H,3-6,11H2,1-2H3. The number of hydrogen-bond donors (Lipinski definition) is 0. The van der Waals surface area contributed by atoms with Crippen molar-refractivity contribution in [2.75, 3.05) is 18.1 Å². The van der Waals surface area contributed by atoms with Crippen molar-refractivity contribution in [2.24, 2.45) is 0 Å². The first-order valence-electron chi connectivity index (χ1n) is 7.17. The number of benzene rings is 1. The highest BCUT2D eigenvalue weighted by Crippen LogP contribution is 2.26. The molecule has 1 aromatic rings. The van der Waals surface area contributed by atoms with Gasteiger partial charge >= 0.3 is 5.97 Å². The van der Waals surface area contributed by atoms with E-state index in [9.17, 15) is 9.59 Å². The highest BCUT2D eigenvalue weighted by molar-refractivity contribution is 5.94. The van der Waals surface area contributed by atoms with E-state index in [1.54, 1.807) is 6.92 Å². The van der Waals surface area contributed by atoms with Crippen molar-refractivity contribution in [3.63, 3.8) is 0 Å². The van der Waals surface area contributed by atoms with Gasteiger partial charge < -0.3 is 9.64 Å². The molecule has 0 N–H and O–H groups in total. The van der Waals surface area contributed by atoms with Crippen LogP contribution in [0.3, 0.4) is 0 Å². The minimum absolute atomic E-state index is 0.0529. The molecule has 0 saturated carbocycles. The summed E-state index contributed by atoms with van der Waals surface area (Å²) < 4.78 is 5.16. The second kappa shape index (κ2) is 6.55. The number of ketones is 1. The Kier molecular flexibility index (Phi) is 4.77. The average molecular weight is 275 g/mol. The molecule has 0 radical (unpaired) electrons. The number of anilines is 1. The van der Waals surface area contributed by atoms with Gasteiger partial charge in [0.15, 0.2) is 5.78 Å². The Bertz CT molecular complexity index is 481. The molecule has 0 aliphatic carbocycles. The Morgan fingerprint density at radius 2 is 1.95 bits per heavy atom. The molecular weight excluding hydrogens is 254 g/mol. The third-order valence-corrected chi connectivity index (χ3v) is 3.67. The molecule has 1 heterocycles. The summed E-state index contributed by atoms with van der Waals surface area (Å²) in [7, 11) is 0. The van der Waals surface area contributed by atoms with E-state index in [-0.39, 0.29) is 17.8 Å². The minimum Gasteiger partial charge on any atom is -0.464 e. The number of Topliss-reactive ketones (excluding diaryl/α,β-unsaturated/α-hetero) is 1. The van der Waals surface area contributed by atoms with Crippen LogP contribution in [-0.2, 0) is 9.53 Å². The van der Waals surface area contributed by atoms with Crippen LogP contribution in [0.5, 0.6) is 0 Å². The van der Waals surface area contributed by atoms with Crippen molar-refractivity contribution in [1.82, 2.24) is 0 Å². The van der Waals surface area contributed by atoms with Crippen molar-refractivity contribution in [3.8, 4) is 0 Å². The molecule has 1 aliphatic rings. The summed E-state index contributed by atoms with van der Waals surface area (Å²) in [6, 6.07) is 7.25. The summed E-state index contributed by atoms with van der Waals surface area (Å²) in [5, 5.41) is 0. The molecule has 1 atom stereocenters. The number of carbonyl (C=O) groups is 2. The normalized spacial score (nSPS) is 18.7. The lowest BCUT2D eigenvalue weighted by molar-refractivity contribution is -0.145. The summed E-state index contributed by atoms with van der Waals surface area (Å²) in [6.45, 7) is 4.64. The third-order valence-electron chi connectivity index (χ3n) is 3.67. The first-order valence-corrected chi connectivity index (χ1v) is 7.17. The molecule has 0 spiro atoms. The van der Waals surface area contributed by atoms with E-state index < -0.39 is 0 Å². The van der Waals surface area contributed by atoms with Crippen LogP contribution in [0.2, 0.25) is 0 Å². The molecule has 4 heteroatoms. The van der Waals surface area contributed by atoms with E-state index in [4.69, 9.17) is 4.74 Å². The van der Waals surface area contributed by atoms with E-state index in [1.165, 1.54) is 0 Å². The fourth-order valence-electron chi connectivity index (χ4n) is 2.61. The van der Waals surface area contributed by atoms with Crippen LogP contribution in [0.15, 0.2) is 24.3 Å². The van der Waals surface area contributed by atoms with E-state index in [0.29, 0.717) is 12.2 Å². The summed E-state index contributed by atoms with van der Waals surface area (Å²) in [6.07, 6.45) is 2.95. The summed E-state index contributed by atoms with van der Waals surface area (Å²) in [5.74, 6) is -0.0972. The number of carbonyl (C=O) groups excluding carboxylic acids is 2.